The Hall–Kier alpha value is -1.37. The van der Waals surface area contributed by atoms with Crippen molar-refractivity contribution in [3.63, 3.8) is 0 Å². The first-order valence-corrected chi connectivity index (χ1v) is 11.5. The number of phosphoric acid groups is 1. The first-order chi connectivity index (χ1) is 12.6. The van der Waals surface area contributed by atoms with Crippen LogP contribution in [-0.2, 0) is 25.0 Å². The summed E-state index contributed by atoms with van der Waals surface area (Å²) in [4.78, 5) is 31.4. The maximum absolute atomic E-state index is 11.5. The van der Waals surface area contributed by atoms with Gasteiger partial charge in [-0.25, -0.2) is 4.57 Å². The van der Waals surface area contributed by atoms with Gasteiger partial charge in [0.1, 0.15) is 0 Å². The highest BCUT2D eigenvalue weighted by atomic mass is 31.2. The van der Waals surface area contributed by atoms with Gasteiger partial charge in [-0.1, -0.05) is 13.0 Å². The molecule has 0 aliphatic heterocycles. The zero-order valence-electron chi connectivity index (χ0n) is 16.2. The molecule has 9 nitrogen and oxygen atoms in total. The summed E-state index contributed by atoms with van der Waals surface area (Å²) in [5.41, 5.74) is 0.483. The van der Waals surface area contributed by atoms with E-state index in [0.29, 0.717) is 18.4 Å². The maximum Gasteiger partial charge on any atom is 0.472 e. The van der Waals surface area contributed by atoms with Gasteiger partial charge in [-0.15, -0.1) is 0 Å². The van der Waals surface area contributed by atoms with Crippen molar-refractivity contribution in [2.75, 3.05) is 20.4 Å². The Bertz CT molecular complexity index is 670. The first kappa shape index (κ1) is 25.6. The lowest BCUT2D eigenvalue weighted by atomic mass is 10.0. The molecule has 2 N–H and O–H groups in total. The molecule has 0 aliphatic rings. The van der Waals surface area contributed by atoms with E-state index in [0.717, 1.165) is 7.11 Å². The Kier molecular flexibility index (Phi) is 12.3. The van der Waals surface area contributed by atoms with Crippen molar-refractivity contribution >= 4 is 28.0 Å². The van der Waals surface area contributed by atoms with E-state index in [1.54, 1.807) is 0 Å². The van der Waals surface area contributed by atoms with Crippen LogP contribution in [0.4, 0.5) is 5.69 Å². The van der Waals surface area contributed by atoms with Crippen molar-refractivity contribution < 1.29 is 28.2 Å². The highest BCUT2D eigenvalue weighted by Crippen LogP contribution is 2.48. The Morgan fingerprint density at radius 2 is 2.04 bits per heavy atom. The molecule has 0 aliphatic carbocycles. The molecule has 154 valence electrons. The number of phosphoric ester groups is 1. The number of nitro benzene ring substituents is 1. The molecule has 1 aromatic rings. The topological polar surface area (TPSA) is 128 Å². The Morgan fingerprint density at radius 3 is 2.52 bits per heavy atom. The van der Waals surface area contributed by atoms with Gasteiger partial charge in [-0.2, -0.15) is 13.3 Å². The molecule has 0 saturated heterocycles. The Morgan fingerprint density at radius 1 is 1.44 bits per heavy atom. The predicted molar refractivity (Wildman–Crippen MR) is 105 cm³/mol. The zero-order valence-corrected chi connectivity index (χ0v) is 18.0. The monoisotopic (exact) mass is 421 g/mol. The van der Waals surface area contributed by atoms with E-state index in [1.165, 1.54) is 33.7 Å². The minimum atomic E-state index is -4.29. The fraction of sp³-hybridized carbons (Fsp3) is 0.562. The number of carbonyl (C=O) groups excluding carboxylic acids is 1. The second kappa shape index (κ2) is 12.9. The molecule has 2 unspecified atom stereocenters. The van der Waals surface area contributed by atoms with Gasteiger partial charge in [0.05, 0.1) is 16.6 Å². The minimum Gasteiger partial charge on any atom is -0.547 e. The summed E-state index contributed by atoms with van der Waals surface area (Å²) < 4.78 is 20.7. The van der Waals surface area contributed by atoms with Gasteiger partial charge in [0.2, 0.25) is 5.91 Å². The third-order valence-corrected chi connectivity index (χ3v) is 4.26. The van der Waals surface area contributed by atoms with E-state index in [9.17, 15) is 24.4 Å². The van der Waals surface area contributed by atoms with Gasteiger partial charge < -0.3 is 18.8 Å². The van der Waals surface area contributed by atoms with Crippen LogP contribution in [0.15, 0.2) is 18.2 Å². The van der Waals surface area contributed by atoms with Crippen LogP contribution in [0.5, 0.6) is 0 Å². The molecule has 11 heteroatoms. The summed E-state index contributed by atoms with van der Waals surface area (Å²) in [6.45, 7) is 7.67. The van der Waals surface area contributed by atoms with Crippen LogP contribution in [0.2, 0.25) is 0 Å². The van der Waals surface area contributed by atoms with Crippen LogP contribution in [0.25, 0.3) is 0 Å². The lowest BCUT2D eigenvalue weighted by Gasteiger charge is -2.17. The van der Waals surface area contributed by atoms with Gasteiger partial charge in [-0.3, -0.25) is 24.0 Å². The molecule has 27 heavy (non-hydrogen) atoms. The number of nitrogens with one attached hydrogen (secondary N) is 1. The van der Waals surface area contributed by atoms with Crippen LogP contribution in [0, 0.1) is 10.1 Å². The summed E-state index contributed by atoms with van der Waals surface area (Å²) in [6, 6.07) is 4.24. The predicted octanol–water partition coefficient (Wildman–Crippen LogP) is 4.03. The smallest absolute Gasteiger partial charge is 0.472 e. The number of carbonyl (C=O) groups is 1. The van der Waals surface area contributed by atoms with Gasteiger partial charge in [0.15, 0.2) is 0 Å². The second-order valence-corrected chi connectivity index (χ2v) is 7.93. The summed E-state index contributed by atoms with van der Waals surface area (Å²) in [6.07, 6.45) is 0.0544. The number of nitrogens with zero attached hydrogens (tertiary/aromatic N) is 1. The molecule has 1 rings (SSSR count). The van der Waals surface area contributed by atoms with Gasteiger partial charge in [-0.05, 0) is 25.0 Å². The number of nitro groups is 1. The van der Waals surface area contributed by atoms with Crippen molar-refractivity contribution in [1.82, 2.24) is 5.32 Å². The molecule has 1 amide bonds. The maximum atomic E-state index is 11.5. The van der Waals surface area contributed by atoms with E-state index in [2.05, 4.69) is 23.2 Å². The number of benzene rings is 1. The summed E-state index contributed by atoms with van der Waals surface area (Å²) >= 11 is 0. The van der Waals surface area contributed by atoms with Crippen molar-refractivity contribution in [3.05, 3.63) is 39.4 Å². The normalized spacial score (nSPS) is 13.7. The highest BCUT2D eigenvalue weighted by molar-refractivity contribution is 7.47. The average molecular weight is 421 g/mol. The van der Waals surface area contributed by atoms with E-state index in [4.69, 9.17) is 4.52 Å². The lowest BCUT2D eigenvalue weighted by molar-refractivity contribution is -0.386. The molecule has 0 spiro atoms. The van der Waals surface area contributed by atoms with Crippen molar-refractivity contribution in [2.24, 2.45) is 0 Å². The fourth-order valence-electron chi connectivity index (χ4n) is 2.02. The molecule has 0 bridgehead atoms. The fourth-order valence-corrected chi connectivity index (χ4v) is 2.62. The molecule has 0 fully saturated rings. The van der Waals surface area contributed by atoms with E-state index >= 15 is 0 Å². The number of rotatable bonds is 9. The third kappa shape index (κ3) is 9.94. The first-order valence-electron chi connectivity index (χ1n) is 8.20. The lowest BCUT2D eigenvalue weighted by Crippen LogP contribution is -2.22. The Labute approximate surface area is 161 Å². The second-order valence-electron chi connectivity index (χ2n) is 5.52. The van der Waals surface area contributed by atoms with Crippen LogP contribution >= 0.6 is 16.4 Å². The van der Waals surface area contributed by atoms with Crippen molar-refractivity contribution in [1.29, 1.82) is 0 Å². The minimum absolute atomic E-state index is 0.119. The van der Waals surface area contributed by atoms with Crippen LogP contribution in [-0.4, -0.2) is 36.2 Å². The van der Waals surface area contributed by atoms with Gasteiger partial charge in [0, 0.05) is 26.1 Å². The standard InChI is InChI=1S/C14H21N2O7P.C2H6P/c1-4-5-14(17)15-9-11-6-7-13(16(18)19)12(8-11)10(2)23-24(20,21)22-3;1-3-2/h6-8,10H,4-5,9H2,1-3H3,(H,15,17)(H,20,21);1-2H3/q;-1. The zero-order chi connectivity index (χ0) is 21.0. The molecular weight excluding hydrogens is 394 g/mol. The van der Waals surface area contributed by atoms with Crippen LogP contribution < -0.4 is 5.32 Å². The molecule has 0 aromatic heterocycles. The van der Waals surface area contributed by atoms with Gasteiger partial charge in [0.25, 0.3) is 5.69 Å². The summed E-state index contributed by atoms with van der Waals surface area (Å²) in [5, 5.41) is 13.8. The molecule has 0 saturated carbocycles. The average Bonchev–Trinajstić information content (AvgIpc) is 2.60. The Balaban J connectivity index is 0.00000210. The largest absolute Gasteiger partial charge is 0.547 e. The van der Waals surface area contributed by atoms with Crippen molar-refractivity contribution in [3.8, 4) is 0 Å². The van der Waals surface area contributed by atoms with Crippen LogP contribution in [0.1, 0.15) is 43.9 Å². The third-order valence-electron chi connectivity index (χ3n) is 3.22. The summed E-state index contributed by atoms with van der Waals surface area (Å²) in [7, 11) is -1.87. The molecule has 0 radical (unpaired) electrons. The quantitative estimate of drug-likeness (QED) is 0.350. The van der Waals surface area contributed by atoms with E-state index in [-0.39, 0.29) is 23.7 Å². The number of hydrogen-bond donors (Lipinski definition) is 2. The molecule has 2 atom stereocenters. The number of hydrogen-bond acceptors (Lipinski definition) is 6. The number of amides is 1. The van der Waals surface area contributed by atoms with Crippen LogP contribution in [0.3, 0.4) is 0 Å². The molecular formula is C16H27N2O7P2-. The van der Waals surface area contributed by atoms with Crippen molar-refractivity contribution in [2.45, 2.75) is 39.3 Å². The van der Waals surface area contributed by atoms with E-state index < -0.39 is 18.8 Å². The summed E-state index contributed by atoms with van der Waals surface area (Å²) in [5.74, 6) is -0.124. The highest BCUT2D eigenvalue weighted by Gasteiger charge is 2.28. The SMILES string of the molecule is CCCC(=O)NCc1ccc([N+](=O)[O-])c(C(C)OP(=O)(O)OC)c1.C[P-]C. The molecule has 0 heterocycles. The molecule has 1 aromatic carbocycles. The van der Waals surface area contributed by atoms with E-state index in [1.807, 2.05) is 6.92 Å². The van der Waals surface area contributed by atoms with Gasteiger partial charge >= 0.3 is 7.82 Å².